The van der Waals surface area contributed by atoms with Crippen LogP contribution in [0.1, 0.15) is 27.0 Å². The first kappa shape index (κ1) is 21.5. The highest BCUT2D eigenvalue weighted by atomic mass is 79.9. The van der Waals surface area contributed by atoms with E-state index in [2.05, 4.69) is 26.0 Å². The molecule has 0 bridgehead atoms. The number of methoxy groups -OCH3 is 1. The maximum absolute atomic E-state index is 12.8. The number of carbonyl (C=O) groups is 2. The van der Waals surface area contributed by atoms with E-state index in [1.165, 1.54) is 18.7 Å². The summed E-state index contributed by atoms with van der Waals surface area (Å²) in [5.74, 6) is -0.628. The molecule has 3 rings (SSSR count). The molecule has 0 spiro atoms. The van der Waals surface area contributed by atoms with Gasteiger partial charge in [0, 0.05) is 22.7 Å². The van der Waals surface area contributed by atoms with Gasteiger partial charge >= 0.3 is 5.97 Å². The van der Waals surface area contributed by atoms with Crippen LogP contribution in [0.3, 0.4) is 0 Å². The van der Waals surface area contributed by atoms with Crippen LogP contribution in [0.2, 0.25) is 0 Å². The van der Waals surface area contributed by atoms with Crippen molar-refractivity contribution in [3.8, 4) is 11.1 Å². The summed E-state index contributed by atoms with van der Waals surface area (Å²) in [5.41, 5.74) is 5.32. The van der Waals surface area contributed by atoms with Gasteiger partial charge in [0.15, 0.2) is 0 Å². The Labute approximate surface area is 184 Å². The second-order valence-electron chi connectivity index (χ2n) is 6.88. The van der Waals surface area contributed by atoms with Crippen LogP contribution in [0.15, 0.2) is 77.3 Å². The average Bonchev–Trinajstić information content (AvgIpc) is 2.77. The van der Waals surface area contributed by atoms with Crippen LogP contribution < -0.4 is 5.32 Å². The molecule has 0 aliphatic carbocycles. The zero-order valence-corrected chi connectivity index (χ0v) is 18.4. The summed E-state index contributed by atoms with van der Waals surface area (Å²) in [6, 6.07) is 21.4. The number of aryl methyl sites for hydroxylation is 1. The van der Waals surface area contributed by atoms with Gasteiger partial charge < -0.3 is 10.1 Å². The molecule has 0 saturated heterocycles. The lowest BCUT2D eigenvalue weighted by Crippen LogP contribution is -2.22. The fourth-order valence-corrected chi connectivity index (χ4v) is 3.17. The van der Waals surface area contributed by atoms with Crippen molar-refractivity contribution in [2.75, 3.05) is 7.11 Å². The standard InChI is InChI=1S/C25H22BrNO3/c1-17-3-5-18(6-4-17)16-27-25(29)22-14-19(7-12-24(28)30-2)13-21(15-22)20-8-10-23(26)11-9-20/h3-15H,16H2,1-2H3,(H,27,29)/b12-7+. The van der Waals surface area contributed by atoms with Crippen molar-refractivity contribution in [3.05, 3.63) is 99.5 Å². The Morgan fingerprint density at radius 2 is 1.67 bits per heavy atom. The molecule has 0 atom stereocenters. The minimum absolute atomic E-state index is 0.178. The second kappa shape index (κ2) is 10.0. The van der Waals surface area contributed by atoms with Crippen molar-refractivity contribution in [2.24, 2.45) is 0 Å². The molecule has 1 amide bonds. The molecule has 3 aromatic carbocycles. The van der Waals surface area contributed by atoms with Gasteiger partial charge in [0.1, 0.15) is 0 Å². The molecular formula is C25H22BrNO3. The molecule has 0 aromatic heterocycles. The third-order valence-corrected chi connectivity index (χ3v) is 5.11. The minimum Gasteiger partial charge on any atom is -0.466 e. The van der Waals surface area contributed by atoms with Gasteiger partial charge in [0.05, 0.1) is 7.11 Å². The van der Waals surface area contributed by atoms with E-state index in [1.807, 2.05) is 67.6 Å². The molecule has 3 aromatic rings. The third kappa shape index (κ3) is 5.91. The Morgan fingerprint density at radius 3 is 2.33 bits per heavy atom. The largest absolute Gasteiger partial charge is 0.466 e. The van der Waals surface area contributed by atoms with Gasteiger partial charge in [0.2, 0.25) is 0 Å². The fraction of sp³-hybridized carbons (Fsp3) is 0.120. The van der Waals surface area contributed by atoms with E-state index in [0.29, 0.717) is 12.1 Å². The highest BCUT2D eigenvalue weighted by Gasteiger charge is 2.10. The highest BCUT2D eigenvalue weighted by Crippen LogP contribution is 2.25. The number of rotatable bonds is 6. The van der Waals surface area contributed by atoms with Crippen molar-refractivity contribution in [3.63, 3.8) is 0 Å². The molecular weight excluding hydrogens is 442 g/mol. The Bertz CT molecular complexity index is 1070. The molecule has 0 aliphatic heterocycles. The summed E-state index contributed by atoms with van der Waals surface area (Å²) in [6.45, 7) is 2.47. The van der Waals surface area contributed by atoms with Crippen molar-refractivity contribution in [1.29, 1.82) is 0 Å². The number of benzene rings is 3. The van der Waals surface area contributed by atoms with Crippen molar-refractivity contribution in [2.45, 2.75) is 13.5 Å². The van der Waals surface area contributed by atoms with E-state index >= 15 is 0 Å². The van der Waals surface area contributed by atoms with E-state index in [1.54, 1.807) is 12.1 Å². The molecule has 0 heterocycles. The number of esters is 1. The summed E-state index contributed by atoms with van der Waals surface area (Å²) >= 11 is 3.44. The molecule has 0 saturated carbocycles. The normalized spacial score (nSPS) is 10.8. The second-order valence-corrected chi connectivity index (χ2v) is 7.79. The van der Waals surface area contributed by atoms with Crippen molar-refractivity contribution in [1.82, 2.24) is 5.32 Å². The van der Waals surface area contributed by atoms with Gasteiger partial charge in [-0.05, 0) is 65.6 Å². The van der Waals surface area contributed by atoms with Gasteiger partial charge in [-0.2, -0.15) is 0 Å². The molecule has 0 aliphatic rings. The van der Waals surface area contributed by atoms with E-state index in [-0.39, 0.29) is 5.91 Å². The van der Waals surface area contributed by atoms with Crippen LogP contribution in [-0.4, -0.2) is 19.0 Å². The van der Waals surface area contributed by atoms with Crippen LogP contribution >= 0.6 is 15.9 Å². The quantitative estimate of drug-likeness (QED) is 0.385. The van der Waals surface area contributed by atoms with Gasteiger partial charge in [-0.15, -0.1) is 0 Å². The highest BCUT2D eigenvalue weighted by molar-refractivity contribution is 9.10. The SMILES string of the molecule is COC(=O)/C=C/c1cc(C(=O)NCc2ccc(C)cc2)cc(-c2ccc(Br)cc2)c1. The van der Waals surface area contributed by atoms with Crippen LogP contribution in [0, 0.1) is 6.92 Å². The van der Waals surface area contributed by atoms with Crippen molar-refractivity contribution >= 4 is 33.9 Å². The van der Waals surface area contributed by atoms with Crippen LogP contribution in [0.25, 0.3) is 17.2 Å². The average molecular weight is 464 g/mol. The van der Waals surface area contributed by atoms with Gasteiger partial charge in [-0.1, -0.05) is 57.9 Å². The Hall–Kier alpha value is -3.18. The summed E-state index contributed by atoms with van der Waals surface area (Å²) in [4.78, 5) is 24.3. The van der Waals surface area contributed by atoms with Gasteiger partial charge in [-0.25, -0.2) is 4.79 Å². The lowest BCUT2D eigenvalue weighted by molar-refractivity contribution is -0.134. The number of carbonyl (C=O) groups excluding carboxylic acids is 2. The first-order valence-corrected chi connectivity index (χ1v) is 10.2. The van der Waals surface area contributed by atoms with Crippen molar-refractivity contribution < 1.29 is 14.3 Å². The Morgan fingerprint density at radius 1 is 0.967 bits per heavy atom. The Kier molecular flexibility index (Phi) is 7.20. The molecule has 152 valence electrons. The van der Waals surface area contributed by atoms with E-state index in [4.69, 9.17) is 0 Å². The minimum atomic E-state index is -0.450. The number of ether oxygens (including phenoxy) is 1. The zero-order valence-electron chi connectivity index (χ0n) is 16.8. The summed E-state index contributed by atoms with van der Waals surface area (Å²) in [5, 5.41) is 2.96. The molecule has 0 unspecified atom stereocenters. The fourth-order valence-electron chi connectivity index (χ4n) is 2.91. The third-order valence-electron chi connectivity index (χ3n) is 4.58. The zero-order chi connectivity index (χ0) is 21.5. The van der Waals surface area contributed by atoms with E-state index in [9.17, 15) is 9.59 Å². The number of nitrogens with one attached hydrogen (secondary N) is 1. The topological polar surface area (TPSA) is 55.4 Å². The number of hydrogen-bond acceptors (Lipinski definition) is 3. The monoisotopic (exact) mass is 463 g/mol. The number of halogens is 1. The number of amides is 1. The van der Waals surface area contributed by atoms with Gasteiger partial charge in [-0.3, -0.25) is 4.79 Å². The molecule has 0 fully saturated rings. The van der Waals surface area contributed by atoms with Crippen LogP contribution in [0.4, 0.5) is 0 Å². The molecule has 0 radical (unpaired) electrons. The lowest BCUT2D eigenvalue weighted by atomic mass is 9.99. The lowest BCUT2D eigenvalue weighted by Gasteiger charge is -2.10. The molecule has 30 heavy (non-hydrogen) atoms. The van der Waals surface area contributed by atoms with E-state index in [0.717, 1.165) is 26.7 Å². The molecule has 5 heteroatoms. The first-order valence-electron chi connectivity index (χ1n) is 9.45. The predicted octanol–water partition coefficient (Wildman–Crippen LogP) is 5.54. The van der Waals surface area contributed by atoms with E-state index < -0.39 is 5.97 Å². The first-order chi connectivity index (χ1) is 14.4. The van der Waals surface area contributed by atoms with Crippen LogP contribution in [-0.2, 0) is 16.1 Å². The summed E-state index contributed by atoms with van der Waals surface area (Å²) in [6.07, 6.45) is 2.99. The number of hydrogen-bond donors (Lipinski definition) is 1. The molecule has 4 nitrogen and oxygen atoms in total. The summed E-state index contributed by atoms with van der Waals surface area (Å²) in [7, 11) is 1.33. The van der Waals surface area contributed by atoms with Crippen LogP contribution in [0.5, 0.6) is 0 Å². The maximum Gasteiger partial charge on any atom is 0.330 e. The molecule has 1 N–H and O–H groups in total. The predicted molar refractivity (Wildman–Crippen MR) is 123 cm³/mol. The van der Waals surface area contributed by atoms with Gasteiger partial charge in [0.25, 0.3) is 5.91 Å². The smallest absolute Gasteiger partial charge is 0.330 e. The Balaban J connectivity index is 1.88. The maximum atomic E-state index is 12.8. The summed E-state index contributed by atoms with van der Waals surface area (Å²) < 4.78 is 5.64.